The number of hydrogen-bond acceptors (Lipinski definition) is 7. The first-order chi connectivity index (χ1) is 13.6. The number of ether oxygens (including phenoxy) is 3. The fourth-order valence-electron chi connectivity index (χ4n) is 3.70. The Labute approximate surface area is 165 Å². The monoisotopic (exact) mass is 384 g/mol. The van der Waals surface area contributed by atoms with Crippen LogP contribution in [0.1, 0.15) is 13.8 Å². The smallest absolute Gasteiger partial charge is 0.223 e. The molecule has 0 saturated carbocycles. The molecule has 7 heteroatoms. The SMILES string of the molecule is COc1ccc(-c2ccnc(NC3COC4C(NCC(C)C)COC34)n2)cc1. The third kappa shape index (κ3) is 4.11. The molecule has 7 nitrogen and oxygen atoms in total. The van der Waals surface area contributed by atoms with Crippen LogP contribution >= 0.6 is 0 Å². The highest BCUT2D eigenvalue weighted by Gasteiger charge is 2.47. The summed E-state index contributed by atoms with van der Waals surface area (Å²) in [7, 11) is 1.66. The van der Waals surface area contributed by atoms with Crippen LogP contribution in [0.25, 0.3) is 11.3 Å². The van der Waals surface area contributed by atoms with E-state index in [0.29, 0.717) is 25.1 Å². The lowest BCUT2D eigenvalue weighted by molar-refractivity contribution is 0.0674. The lowest BCUT2D eigenvalue weighted by Crippen LogP contribution is -2.43. The van der Waals surface area contributed by atoms with Gasteiger partial charge in [0.1, 0.15) is 18.0 Å². The minimum Gasteiger partial charge on any atom is -0.497 e. The summed E-state index contributed by atoms with van der Waals surface area (Å²) in [5.41, 5.74) is 1.88. The molecule has 1 aromatic carbocycles. The van der Waals surface area contributed by atoms with Gasteiger partial charge in [-0.1, -0.05) is 13.8 Å². The zero-order chi connectivity index (χ0) is 19.5. The molecule has 2 aliphatic heterocycles. The van der Waals surface area contributed by atoms with Crippen molar-refractivity contribution >= 4 is 5.95 Å². The van der Waals surface area contributed by atoms with Crippen molar-refractivity contribution < 1.29 is 14.2 Å². The van der Waals surface area contributed by atoms with Crippen LogP contribution in [0.2, 0.25) is 0 Å². The van der Waals surface area contributed by atoms with Gasteiger partial charge in [0.2, 0.25) is 5.95 Å². The van der Waals surface area contributed by atoms with Crippen LogP contribution in [-0.2, 0) is 9.47 Å². The molecule has 2 saturated heterocycles. The van der Waals surface area contributed by atoms with Gasteiger partial charge in [-0.2, -0.15) is 0 Å². The van der Waals surface area contributed by atoms with E-state index in [1.165, 1.54) is 0 Å². The van der Waals surface area contributed by atoms with E-state index < -0.39 is 0 Å². The summed E-state index contributed by atoms with van der Waals surface area (Å²) < 4.78 is 17.3. The Morgan fingerprint density at radius 3 is 2.50 bits per heavy atom. The van der Waals surface area contributed by atoms with Crippen LogP contribution in [0.4, 0.5) is 5.95 Å². The summed E-state index contributed by atoms with van der Waals surface area (Å²) in [6.07, 6.45) is 1.85. The van der Waals surface area contributed by atoms with Gasteiger partial charge in [0.15, 0.2) is 0 Å². The summed E-state index contributed by atoms with van der Waals surface area (Å²) in [6.45, 7) is 6.63. The normalized spacial score (nSPS) is 26.4. The van der Waals surface area contributed by atoms with Crippen LogP contribution in [0.3, 0.4) is 0 Å². The molecule has 0 spiro atoms. The van der Waals surface area contributed by atoms with Gasteiger partial charge in [-0.05, 0) is 42.8 Å². The van der Waals surface area contributed by atoms with Gasteiger partial charge >= 0.3 is 0 Å². The molecule has 4 unspecified atom stereocenters. The van der Waals surface area contributed by atoms with Crippen molar-refractivity contribution in [3.8, 4) is 17.0 Å². The first-order valence-electron chi connectivity index (χ1n) is 9.84. The molecule has 0 radical (unpaired) electrons. The number of anilines is 1. The molecule has 4 atom stereocenters. The van der Waals surface area contributed by atoms with Gasteiger partial charge in [0.05, 0.1) is 38.1 Å². The van der Waals surface area contributed by atoms with E-state index in [2.05, 4.69) is 34.4 Å². The van der Waals surface area contributed by atoms with Crippen molar-refractivity contribution in [3.05, 3.63) is 36.5 Å². The number of benzene rings is 1. The Morgan fingerprint density at radius 1 is 1.07 bits per heavy atom. The number of methoxy groups -OCH3 is 1. The highest BCUT2D eigenvalue weighted by molar-refractivity contribution is 5.61. The minimum atomic E-state index is 0.0119. The zero-order valence-corrected chi connectivity index (χ0v) is 16.6. The summed E-state index contributed by atoms with van der Waals surface area (Å²) in [5.74, 6) is 2.01. The lowest BCUT2D eigenvalue weighted by atomic mass is 10.1. The molecule has 2 fully saturated rings. The molecule has 2 N–H and O–H groups in total. The summed E-state index contributed by atoms with van der Waals surface area (Å²) in [5, 5.41) is 6.96. The Balaban J connectivity index is 1.41. The first-order valence-corrected chi connectivity index (χ1v) is 9.84. The number of rotatable bonds is 7. The maximum Gasteiger partial charge on any atom is 0.223 e. The molecule has 3 heterocycles. The van der Waals surface area contributed by atoms with Crippen molar-refractivity contribution in [1.29, 1.82) is 0 Å². The number of nitrogens with one attached hydrogen (secondary N) is 2. The highest BCUT2D eigenvalue weighted by atomic mass is 16.6. The predicted octanol–water partition coefficient (Wildman–Crippen LogP) is 2.34. The second-order valence-electron chi connectivity index (χ2n) is 7.75. The molecule has 4 rings (SSSR count). The number of aromatic nitrogens is 2. The molecule has 0 amide bonds. The molecular weight excluding hydrogens is 356 g/mol. The second-order valence-corrected chi connectivity index (χ2v) is 7.75. The quantitative estimate of drug-likeness (QED) is 0.759. The summed E-state index contributed by atoms with van der Waals surface area (Å²) in [4.78, 5) is 9.05. The van der Waals surface area contributed by atoms with Crippen molar-refractivity contribution in [1.82, 2.24) is 15.3 Å². The topological polar surface area (TPSA) is 77.5 Å². The van der Waals surface area contributed by atoms with Gasteiger partial charge in [0.25, 0.3) is 0 Å². The molecular formula is C21H28N4O3. The number of nitrogens with zero attached hydrogens (tertiary/aromatic N) is 2. The summed E-state index contributed by atoms with van der Waals surface area (Å²) in [6, 6.07) is 10.0. The third-order valence-electron chi connectivity index (χ3n) is 5.20. The summed E-state index contributed by atoms with van der Waals surface area (Å²) >= 11 is 0. The molecule has 150 valence electrons. The Bertz CT molecular complexity index is 783. The second kappa shape index (κ2) is 8.43. The first kappa shape index (κ1) is 19.1. The van der Waals surface area contributed by atoms with E-state index in [1.807, 2.05) is 30.3 Å². The third-order valence-corrected chi connectivity index (χ3v) is 5.20. The van der Waals surface area contributed by atoms with Crippen molar-refractivity contribution in [3.63, 3.8) is 0 Å². The zero-order valence-electron chi connectivity index (χ0n) is 16.6. The van der Waals surface area contributed by atoms with Crippen LogP contribution in [0, 0.1) is 5.92 Å². The lowest BCUT2D eigenvalue weighted by Gasteiger charge is -2.19. The maximum atomic E-state index is 6.03. The van der Waals surface area contributed by atoms with E-state index >= 15 is 0 Å². The van der Waals surface area contributed by atoms with Crippen molar-refractivity contribution in [2.75, 3.05) is 32.2 Å². The standard InChI is InChI=1S/C21H28N4O3/c1-13(2)10-23-17-11-27-20-18(12-28-19(17)20)25-21-22-9-8-16(24-21)14-4-6-15(26-3)7-5-14/h4-9,13,17-20,23H,10-12H2,1-3H3,(H,22,24,25). The maximum absolute atomic E-state index is 6.03. The molecule has 0 aliphatic carbocycles. The minimum absolute atomic E-state index is 0.0119. The van der Waals surface area contributed by atoms with Crippen LogP contribution in [0.15, 0.2) is 36.5 Å². The van der Waals surface area contributed by atoms with E-state index in [9.17, 15) is 0 Å². The van der Waals surface area contributed by atoms with E-state index in [1.54, 1.807) is 13.3 Å². The van der Waals surface area contributed by atoms with Crippen LogP contribution in [0.5, 0.6) is 5.75 Å². The van der Waals surface area contributed by atoms with Gasteiger partial charge in [-0.15, -0.1) is 0 Å². The Hall–Kier alpha value is -2.22. The molecule has 0 bridgehead atoms. The fraction of sp³-hybridized carbons (Fsp3) is 0.524. The van der Waals surface area contributed by atoms with Gasteiger partial charge in [0, 0.05) is 11.8 Å². The van der Waals surface area contributed by atoms with Gasteiger partial charge in [-0.25, -0.2) is 9.97 Å². The van der Waals surface area contributed by atoms with E-state index in [-0.39, 0.29) is 24.3 Å². The van der Waals surface area contributed by atoms with E-state index in [4.69, 9.17) is 14.2 Å². The predicted molar refractivity (Wildman–Crippen MR) is 108 cm³/mol. The largest absolute Gasteiger partial charge is 0.497 e. The number of hydrogen-bond donors (Lipinski definition) is 2. The average molecular weight is 384 g/mol. The molecule has 2 aromatic rings. The fourth-order valence-corrected chi connectivity index (χ4v) is 3.70. The van der Waals surface area contributed by atoms with Crippen LogP contribution < -0.4 is 15.4 Å². The van der Waals surface area contributed by atoms with Crippen molar-refractivity contribution in [2.45, 2.75) is 38.1 Å². The van der Waals surface area contributed by atoms with Crippen LogP contribution in [-0.4, -0.2) is 61.1 Å². The molecule has 2 aliphatic rings. The molecule has 1 aromatic heterocycles. The van der Waals surface area contributed by atoms with Crippen molar-refractivity contribution in [2.24, 2.45) is 5.92 Å². The average Bonchev–Trinajstić information content (AvgIpc) is 3.30. The Kier molecular flexibility index (Phi) is 5.75. The van der Waals surface area contributed by atoms with Gasteiger partial charge < -0.3 is 24.8 Å². The van der Waals surface area contributed by atoms with E-state index in [0.717, 1.165) is 23.6 Å². The highest BCUT2D eigenvalue weighted by Crippen LogP contribution is 2.29. The van der Waals surface area contributed by atoms with Gasteiger partial charge in [-0.3, -0.25) is 0 Å². The Morgan fingerprint density at radius 2 is 1.79 bits per heavy atom. The molecule has 28 heavy (non-hydrogen) atoms. The number of fused-ring (bicyclic) bond motifs is 1.